The Bertz CT molecular complexity index is 870. The minimum absolute atomic E-state index is 0.167. The van der Waals surface area contributed by atoms with E-state index in [9.17, 15) is 5.26 Å². The number of rotatable bonds is 2. The second-order valence-corrected chi connectivity index (χ2v) is 5.03. The van der Waals surface area contributed by atoms with Crippen molar-refractivity contribution in [3.8, 4) is 28.6 Å². The van der Waals surface area contributed by atoms with Gasteiger partial charge >= 0.3 is 0 Å². The Hall–Kier alpha value is -2.90. The molecule has 0 unspecified atom stereocenters. The maximum absolute atomic E-state index is 9.38. The van der Waals surface area contributed by atoms with Gasteiger partial charge in [-0.05, 0) is 24.3 Å². The molecule has 3 aromatic rings. The van der Waals surface area contributed by atoms with Gasteiger partial charge in [-0.2, -0.15) is 5.26 Å². The molecule has 3 rings (SSSR count). The fraction of sp³-hybridized carbons (Fsp3) is 0. The summed E-state index contributed by atoms with van der Waals surface area (Å²) in [5.74, 6) is 0.167. The number of nitrogens with two attached hydrogens (primary N) is 1. The van der Waals surface area contributed by atoms with Crippen molar-refractivity contribution >= 4 is 17.4 Å². The topological polar surface area (TPSA) is 75.6 Å². The van der Waals surface area contributed by atoms with Crippen molar-refractivity contribution in [2.24, 2.45) is 0 Å². The fourth-order valence-electron chi connectivity index (χ4n) is 2.22. The number of benzene rings is 1. The zero-order chi connectivity index (χ0) is 15.5. The van der Waals surface area contributed by atoms with E-state index >= 15 is 0 Å². The normalized spacial score (nSPS) is 10.2. The fourth-order valence-corrected chi connectivity index (χ4v) is 2.46. The number of pyridine rings is 2. The summed E-state index contributed by atoms with van der Waals surface area (Å²) >= 11 is 6.25. The lowest BCUT2D eigenvalue weighted by Gasteiger charge is -2.11. The highest BCUT2D eigenvalue weighted by Crippen LogP contribution is 2.34. The number of anilines is 1. The molecule has 2 aromatic heterocycles. The minimum atomic E-state index is 0.167. The van der Waals surface area contributed by atoms with Gasteiger partial charge in [0, 0.05) is 22.3 Å². The lowest BCUT2D eigenvalue weighted by molar-refractivity contribution is 1.24. The summed E-state index contributed by atoms with van der Waals surface area (Å²) in [6.45, 7) is 0. The summed E-state index contributed by atoms with van der Waals surface area (Å²) in [5, 5.41) is 9.94. The largest absolute Gasteiger partial charge is 0.383 e. The molecule has 4 nitrogen and oxygen atoms in total. The maximum atomic E-state index is 9.38. The van der Waals surface area contributed by atoms with E-state index in [4.69, 9.17) is 17.3 Å². The molecule has 2 heterocycles. The summed E-state index contributed by atoms with van der Waals surface area (Å²) in [6, 6.07) is 16.7. The van der Waals surface area contributed by atoms with Crippen molar-refractivity contribution in [3.63, 3.8) is 0 Å². The molecule has 5 heteroatoms. The lowest BCUT2D eigenvalue weighted by Crippen LogP contribution is -2.00. The SMILES string of the molecule is N#Cc1c(-c2ccccc2Cl)cc(-c2ccccn2)nc1N. The molecule has 0 fully saturated rings. The highest BCUT2D eigenvalue weighted by Gasteiger charge is 2.15. The molecule has 0 saturated carbocycles. The summed E-state index contributed by atoms with van der Waals surface area (Å²) in [4.78, 5) is 8.55. The van der Waals surface area contributed by atoms with Gasteiger partial charge < -0.3 is 5.73 Å². The number of nitrogens with zero attached hydrogens (tertiary/aromatic N) is 3. The highest BCUT2D eigenvalue weighted by atomic mass is 35.5. The van der Waals surface area contributed by atoms with Crippen molar-refractivity contribution in [2.75, 3.05) is 5.73 Å². The Labute approximate surface area is 132 Å². The Morgan fingerprint density at radius 2 is 1.77 bits per heavy atom. The van der Waals surface area contributed by atoms with Crippen molar-refractivity contribution in [3.05, 3.63) is 65.3 Å². The van der Waals surface area contributed by atoms with Crippen LogP contribution in [-0.4, -0.2) is 9.97 Å². The molecular weight excluding hydrogens is 296 g/mol. The first-order valence-electron chi connectivity index (χ1n) is 6.57. The average molecular weight is 307 g/mol. The molecule has 0 spiro atoms. The van der Waals surface area contributed by atoms with Gasteiger partial charge in [0.1, 0.15) is 17.5 Å². The molecule has 106 valence electrons. The van der Waals surface area contributed by atoms with E-state index in [2.05, 4.69) is 16.0 Å². The Morgan fingerprint density at radius 1 is 1.00 bits per heavy atom. The summed E-state index contributed by atoms with van der Waals surface area (Å²) in [5.41, 5.74) is 8.95. The molecule has 22 heavy (non-hydrogen) atoms. The number of halogens is 1. The van der Waals surface area contributed by atoms with E-state index in [-0.39, 0.29) is 5.82 Å². The molecule has 0 aliphatic heterocycles. The Morgan fingerprint density at radius 3 is 2.45 bits per heavy atom. The first kappa shape index (κ1) is 14.1. The number of hydrogen-bond donors (Lipinski definition) is 1. The zero-order valence-electron chi connectivity index (χ0n) is 11.5. The molecule has 0 aliphatic rings. The van der Waals surface area contributed by atoms with Crippen molar-refractivity contribution < 1.29 is 0 Å². The smallest absolute Gasteiger partial charge is 0.142 e. The van der Waals surface area contributed by atoms with Crippen LogP contribution in [0.15, 0.2) is 54.7 Å². The van der Waals surface area contributed by atoms with Crippen LogP contribution in [0.4, 0.5) is 5.82 Å². The summed E-state index contributed by atoms with van der Waals surface area (Å²) in [7, 11) is 0. The van der Waals surface area contributed by atoms with Crippen LogP contribution in [-0.2, 0) is 0 Å². The second kappa shape index (κ2) is 5.84. The van der Waals surface area contributed by atoms with Crippen LogP contribution in [0.5, 0.6) is 0 Å². The van der Waals surface area contributed by atoms with Crippen molar-refractivity contribution in [1.29, 1.82) is 5.26 Å². The van der Waals surface area contributed by atoms with Gasteiger partial charge in [0.2, 0.25) is 0 Å². The standard InChI is InChI=1S/C17H11ClN4/c18-14-6-2-1-5-11(14)12-9-16(15-7-3-4-8-21-15)22-17(20)13(12)10-19/h1-9H,(H2,20,22). The first-order valence-corrected chi connectivity index (χ1v) is 6.95. The molecular formula is C17H11ClN4. The van der Waals surface area contributed by atoms with E-state index in [0.717, 1.165) is 5.56 Å². The Balaban J connectivity index is 2.28. The third-order valence-corrected chi connectivity index (χ3v) is 3.58. The van der Waals surface area contributed by atoms with Crippen LogP contribution < -0.4 is 5.73 Å². The predicted molar refractivity (Wildman–Crippen MR) is 87.0 cm³/mol. The van der Waals surface area contributed by atoms with Crippen molar-refractivity contribution in [2.45, 2.75) is 0 Å². The maximum Gasteiger partial charge on any atom is 0.142 e. The minimum Gasteiger partial charge on any atom is -0.383 e. The number of nitrogen functional groups attached to an aromatic ring is 1. The van der Waals surface area contributed by atoms with Gasteiger partial charge in [0.25, 0.3) is 0 Å². The van der Waals surface area contributed by atoms with Crippen LogP contribution in [0.3, 0.4) is 0 Å². The van der Waals surface area contributed by atoms with Gasteiger partial charge in [0.15, 0.2) is 0 Å². The highest BCUT2D eigenvalue weighted by molar-refractivity contribution is 6.33. The van der Waals surface area contributed by atoms with Crippen LogP contribution in [0.2, 0.25) is 5.02 Å². The molecule has 0 amide bonds. The number of hydrogen-bond acceptors (Lipinski definition) is 4. The lowest BCUT2D eigenvalue weighted by atomic mass is 9.99. The molecule has 0 radical (unpaired) electrons. The van der Waals surface area contributed by atoms with Gasteiger partial charge in [-0.3, -0.25) is 4.98 Å². The van der Waals surface area contributed by atoms with E-state index in [1.54, 1.807) is 18.3 Å². The molecule has 0 aliphatic carbocycles. The van der Waals surface area contributed by atoms with Gasteiger partial charge in [0.05, 0.1) is 11.4 Å². The van der Waals surface area contributed by atoms with E-state index in [1.807, 2.05) is 36.4 Å². The molecule has 1 aromatic carbocycles. The summed E-state index contributed by atoms with van der Waals surface area (Å²) < 4.78 is 0. The second-order valence-electron chi connectivity index (χ2n) is 4.62. The van der Waals surface area contributed by atoms with Crippen LogP contribution >= 0.6 is 11.6 Å². The average Bonchev–Trinajstić information content (AvgIpc) is 2.55. The van der Waals surface area contributed by atoms with Crippen LogP contribution in [0.1, 0.15) is 5.56 Å². The quantitative estimate of drug-likeness (QED) is 0.778. The van der Waals surface area contributed by atoms with E-state index < -0.39 is 0 Å². The predicted octanol–water partition coefficient (Wildman–Crippen LogP) is 3.92. The van der Waals surface area contributed by atoms with Crippen LogP contribution in [0, 0.1) is 11.3 Å². The number of nitriles is 1. The monoisotopic (exact) mass is 306 g/mol. The van der Waals surface area contributed by atoms with Crippen LogP contribution in [0.25, 0.3) is 22.5 Å². The van der Waals surface area contributed by atoms with Gasteiger partial charge in [-0.25, -0.2) is 4.98 Å². The zero-order valence-corrected chi connectivity index (χ0v) is 12.2. The molecule has 2 N–H and O–H groups in total. The van der Waals surface area contributed by atoms with Gasteiger partial charge in [-0.15, -0.1) is 0 Å². The molecule has 0 saturated heterocycles. The third-order valence-electron chi connectivity index (χ3n) is 3.25. The van der Waals surface area contributed by atoms with Crippen molar-refractivity contribution in [1.82, 2.24) is 9.97 Å². The first-order chi connectivity index (χ1) is 10.7. The third kappa shape index (κ3) is 2.50. The van der Waals surface area contributed by atoms with E-state index in [1.165, 1.54) is 0 Å². The van der Waals surface area contributed by atoms with Gasteiger partial charge in [-0.1, -0.05) is 35.9 Å². The molecule has 0 atom stereocenters. The summed E-state index contributed by atoms with van der Waals surface area (Å²) in [6.07, 6.45) is 1.68. The Kier molecular flexibility index (Phi) is 3.73. The number of aromatic nitrogens is 2. The molecule has 0 bridgehead atoms. The van der Waals surface area contributed by atoms with E-state index in [0.29, 0.717) is 27.5 Å².